The van der Waals surface area contributed by atoms with Crippen molar-refractivity contribution in [2.24, 2.45) is 0 Å². The molecule has 0 amide bonds. The number of rotatable bonds is 2. The molecule has 0 bridgehead atoms. The van der Waals surface area contributed by atoms with E-state index in [0.29, 0.717) is 5.02 Å². The first kappa shape index (κ1) is 11.5. The molecule has 0 saturated carbocycles. The Morgan fingerprint density at radius 3 is 2.88 bits per heavy atom. The van der Waals surface area contributed by atoms with Crippen LogP contribution in [0.2, 0.25) is 5.02 Å². The molecule has 1 aromatic rings. The molecule has 1 unspecified atom stereocenters. The maximum atomic E-state index is 10.2. The van der Waals surface area contributed by atoms with Crippen molar-refractivity contribution >= 4 is 11.6 Å². The van der Waals surface area contributed by atoms with E-state index in [-0.39, 0.29) is 0 Å². The third kappa shape index (κ3) is 2.39. The second-order valence-corrected chi connectivity index (χ2v) is 4.51. The van der Waals surface area contributed by atoms with Crippen LogP contribution in [0.3, 0.4) is 0 Å². The molecule has 1 aliphatic rings. The van der Waals surface area contributed by atoms with Crippen LogP contribution in [0.1, 0.15) is 30.1 Å². The Bertz CT molecular complexity index is 412. The van der Waals surface area contributed by atoms with Crippen molar-refractivity contribution in [2.75, 3.05) is 6.61 Å². The minimum Gasteiger partial charge on any atom is -0.501 e. The smallest absolute Gasteiger partial charge is 0.104 e. The first-order valence-electron chi connectivity index (χ1n) is 5.43. The Hall–Kier alpha value is -0.990. The molecule has 2 nitrogen and oxygen atoms in total. The first-order chi connectivity index (χ1) is 7.68. The van der Waals surface area contributed by atoms with Gasteiger partial charge in [0.2, 0.25) is 0 Å². The van der Waals surface area contributed by atoms with Gasteiger partial charge in [-0.05, 0) is 48.6 Å². The molecule has 0 spiro atoms. The SMILES string of the molecule is Cc1cc(Cl)ccc1C(O)C1=COCCC1. The van der Waals surface area contributed by atoms with Gasteiger partial charge in [-0.15, -0.1) is 0 Å². The molecular weight excluding hydrogens is 224 g/mol. The van der Waals surface area contributed by atoms with Crippen molar-refractivity contribution in [1.29, 1.82) is 0 Å². The van der Waals surface area contributed by atoms with Gasteiger partial charge in [-0.2, -0.15) is 0 Å². The molecule has 3 heteroatoms. The van der Waals surface area contributed by atoms with Crippen molar-refractivity contribution in [3.63, 3.8) is 0 Å². The van der Waals surface area contributed by atoms with Gasteiger partial charge in [-0.25, -0.2) is 0 Å². The van der Waals surface area contributed by atoms with Crippen molar-refractivity contribution in [2.45, 2.75) is 25.9 Å². The van der Waals surface area contributed by atoms with E-state index in [0.717, 1.165) is 36.1 Å². The molecule has 1 aliphatic heterocycles. The summed E-state index contributed by atoms with van der Waals surface area (Å²) in [5, 5.41) is 10.9. The average Bonchev–Trinajstić information content (AvgIpc) is 2.29. The Morgan fingerprint density at radius 2 is 2.25 bits per heavy atom. The van der Waals surface area contributed by atoms with E-state index in [2.05, 4.69) is 0 Å². The van der Waals surface area contributed by atoms with Crippen LogP contribution in [0.15, 0.2) is 30.0 Å². The van der Waals surface area contributed by atoms with Crippen LogP contribution in [-0.2, 0) is 4.74 Å². The Balaban J connectivity index is 2.26. The van der Waals surface area contributed by atoms with Crippen LogP contribution in [0.5, 0.6) is 0 Å². The zero-order valence-corrected chi connectivity index (χ0v) is 10.00. The number of halogens is 1. The lowest BCUT2D eigenvalue weighted by Crippen LogP contribution is -2.08. The summed E-state index contributed by atoms with van der Waals surface area (Å²) in [4.78, 5) is 0. The fourth-order valence-electron chi connectivity index (χ4n) is 1.93. The monoisotopic (exact) mass is 238 g/mol. The van der Waals surface area contributed by atoms with Crippen molar-refractivity contribution in [3.8, 4) is 0 Å². The van der Waals surface area contributed by atoms with E-state index in [4.69, 9.17) is 16.3 Å². The lowest BCUT2D eigenvalue weighted by molar-refractivity contribution is 0.170. The molecule has 0 radical (unpaired) electrons. The van der Waals surface area contributed by atoms with E-state index in [1.807, 2.05) is 19.1 Å². The maximum absolute atomic E-state index is 10.2. The third-order valence-electron chi connectivity index (χ3n) is 2.84. The van der Waals surface area contributed by atoms with Crippen LogP contribution in [-0.4, -0.2) is 11.7 Å². The molecule has 0 saturated heterocycles. The van der Waals surface area contributed by atoms with Crippen molar-refractivity contribution < 1.29 is 9.84 Å². The Labute approximate surface area is 101 Å². The molecule has 0 aromatic heterocycles. The van der Waals surface area contributed by atoms with Crippen LogP contribution in [0.4, 0.5) is 0 Å². The minimum absolute atomic E-state index is 0.572. The quantitative estimate of drug-likeness (QED) is 0.856. The van der Waals surface area contributed by atoms with Gasteiger partial charge >= 0.3 is 0 Å². The van der Waals surface area contributed by atoms with Crippen molar-refractivity contribution in [1.82, 2.24) is 0 Å². The number of benzene rings is 1. The summed E-state index contributed by atoms with van der Waals surface area (Å²) in [5.74, 6) is 0. The topological polar surface area (TPSA) is 29.5 Å². The highest BCUT2D eigenvalue weighted by Gasteiger charge is 2.17. The Kier molecular flexibility index (Phi) is 3.52. The van der Waals surface area contributed by atoms with Crippen LogP contribution >= 0.6 is 11.6 Å². The first-order valence-corrected chi connectivity index (χ1v) is 5.81. The molecule has 1 aromatic carbocycles. The molecule has 0 aliphatic carbocycles. The number of ether oxygens (including phenoxy) is 1. The summed E-state index contributed by atoms with van der Waals surface area (Å²) in [6.07, 6.45) is 2.97. The number of aryl methyl sites for hydroxylation is 1. The molecular formula is C13H15ClO2. The predicted molar refractivity (Wildman–Crippen MR) is 64.4 cm³/mol. The summed E-state index contributed by atoms with van der Waals surface area (Å²) in [7, 11) is 0. The normalized spacial score (nSPS) is 17.6. The van der Waals surface area contributed by atoms with Gasteiger partial charge in [0.1, 0.15) is 6.10 Å². The van der Waals surface area contributed by atoms with Gasteiger partial charge in [-0.1, -0.05) is 17.7 Å². The average molecular weight is 239 g/mol. The molecule has 1 N–H and O–H groups in total. The number of aliphatic hydroxyl groups excluding tert-OH is 1. The highest BCUT2D eigenvalue weighted by atomic mass is 35.5. The van der Waals surface area contributed by atoms with Crippen molar-refractivity contribution in [3.05, 3.63) is 46.2 Å². The van der Waals surface area contributed by atoms with Gasteiger partial charge in [-0.3, -0.25) is 0 Å². The summed E-state index contributed by atoms with van der Waals surface area (Å²) in [6.45, 7) is 2.70. The molecule has 2 rings (SSSR count). The van der Waals surface area contributed by atoms with Crippen LogP contribution in [0, 0.1) is 6.92 Å². The largest absolute Gasteiger partial charge is 0.501 e. The molecule has 1 heterocycles. The van der Waals surface area contributed by atoms with Crippen LogP contribution in [0.25, 0.3) is 0 Å². The number of hydrogen-bond donors (Lipinski definition) is 1. The zero-order valence-electron chi connectivity index (χ0n) is 9.24. The summed E-state index contributed by atoms with van der Waals surface area (Å²) >= 11 is 5.89. The van der Waals surface area contributed by atoms with Gasteiger partial charge in [0.05, 0.1) is 12.9 Å². The molecule has 1 atom stereocenters. The van der Waals surface area contributed by atoms with E-state index in [9.17, 15) is 5.11 Å². The summed E-state index contributed by atoms with van der Waals surface area (Å²) in [5.41, 5.74) is 2.85. The zero-order chi connectivity index (χ0) is 11.5. The second-order valence-electron chi connectivity index (χ2n) is 4.07. The predicted octanol–water partition coefficient (Wildman–Crippen LogP) is 3.38. The molecule has 16 heavy (non-hydrogen) atoms. The standard InChI is InChI=1S/C13H15ClO2/c1-9-7-11(14)4-5-12(9)13(15)10-3-2-6-16-8-10/h4-5,7-8,13,15H,2-3,6H2,1H3. The van der Waals surface area contributed by atoms with E-state index in [1.165, 1.54) is 0 Å². The Morgan fingerprint density at radius 1 is 1.44 bits per heavy atom. The van der Waals surface area contributed by atoms with Gasteiger partial charge in [0.25, 0.3) is 0 Å². The number of hydrogen-bond acceptors (Lipinski definition) is 2. The lowest BCUT2D eigenvalue weighted by Gasteiger charge is -2.20. The maximum Gasteiger partial charge on any atom is 0.104 e. The van der Waals surface area contributed by atoms with E-state index < -0.39 is 6.10 Å². The summed E-state index contributed by atoms with van der Waals surface area (Å²) < 4.78 is 5.24. The second kappa shape index (κ2) is 4.89. The highest BCUT2D eigenvalue weighted by Crippen LogP contribution is 2.30. The fourth-order valence-corrected chi connectivity index (χ4v) is 2.16. The third-order valence-corrected chi connectivity index (χ3v) is 3.08. The number of aliphatic hydroxyl groups is 1. The fraction of sp³-hybridized carbons (Fsp3) is 0.385. The molecule has 86 valence electrons. The summed E-state index contributed by atoms with van der Waals surface area (Å²) in [6, 6.07) is 5.54. The highest BCUT2D eigenvalue weighted by molar-refractivity contribution is 6.30. The van der Waals surface area contributed by atoms with E-state index >= 15 is 0 Å². The minimum atomic E-state index is -0.572. The van der Waals surface area contributed by atoms with Gasteiger partial charge in [0, 0.05) is 5.02 Å². The van der Waals surface area contributed by atoms with E-state index in [1.54, 1.807) is 12.3 Å². The van der Waals surface area contributed by atoms with Gasteiger partial charge < -0.3 is 9.84 Å². The van der Waals surface area contributed by atoms with Crippen LogP contribution < -0.4 is 0 Å². The molecule has 0 fully saturated rings. The lowest BCUT2D eigenvalue weighted by atomic mass is 9.95. The van der Waals surface area contributed by atoms with Gasteiger partial charge in [0.15, 0.2) is 0 Å².